The number of ketones is 1. The lowest BCUT2D eigenvalue weighted by Crippen LogP contribution is -2.60. The Morgan fingerprint density at radius 1 is 1.12 bits per heavy atom. The molecule has 1 aromatic heterocycles. The summed E-state index contributed by atoms with van der Waals surface area (Å²) in [6.45, 7) is 16.2. The number of likely N-dealkylation sites (N-methyl/N-ethyl adjacent to an activating group) is 1. The molecule has 2 bridgehead atoms. The van der Waals surface area contributed by atoms with Crippen molar-refractivity contribution in [1.82, 2.24) is 15.2 Å². The minimum Gasteiger partial charge on any atom is -0.358 e. The van der Waals surface area contributed by atoms with Crippen LogP contribution in [0.3, 0.4) is 0 Å². The average molecular weight is 591 g/mol. The highest BCUT2D eigenvalue weighted by molar-refractivity contribution is 5.97. The summed E-state index contributed by atoms with van der Waals surface area (Å²) >= 11 is 0. The summed E-state index contributed by atoms with van der Waals surface area (Å²) in [6, 6.07) is 7.96. The third kappa shape index (κ3) is 4.45. The van der Waals surface area contributed by atoms with Crippen LogP contribution in [-0.4, -0.2) is 65.4 Å². The number of benzene rings is 1. The number of urea groups is 1. The Bertz CT molecular complexity index is 1480. The Labute approximate surface area is 254 Å². The van der Waals surface area contributed by atoms with Crippen molar-refractivity contribution in [2.45, 2.75) is 96.6 Å². The van der Waals surface area contributed by atoms with Crippen LogP contribution in [0, 0.1) is 22.2 Å². The van der Waals surface area contributed by atoms with Crippen LogP contribution in [0.5, 0.6) is 0 Å². The predicted molar refractivity (Wildman–Crippen MR) is 166 cm³/mol. The molecule has 9 heteroatoms. The van der Waals surface area contributed by atoms with Gasteiger partial charge in [0.25, 0.3) is 0 Å². The Kier molecular flexibility index (Phi) is 7.46. The molecule has 5 unspecified atom stereocenters. The van der Waals surface area contributed by atoms with E-state index < -0.39 is 23.5 Å². The fraction of sp³-hybridized carbons (Fsp3) is 0.647. The summed E-state index contributed by atoms with van der Waals surface area (Å²) in [4.78, 5) is 39.0. The van der Waals surface area contributed by atoms with Gasteiger partial charge < -0.3 is 24.7 Å². The molecule has 0 radical (unpaired) electrons. The zero-order valence-corrected chi connectivity index (χ0v) is 26.4. The van der Waals surface area contributed by atoms with Gasteiger partial charge in [-0.05, 0) is 93.2 Å². The fourth-order valence-electron chi connectivity index (χ4n) is 9.27. The number of para-hydroxylation sites is 1. The first kappa shape index (κ1) is 30.2. The summed E-state index contributed by atoms with van der Waals surface area (Å²) in [5.74, 6) is 0.335. The van der Waals surface area contributed by atoms with Crippen LogP contribution in [0.1, 0.15) is 78.5 Å². The first-order valence-corrected chi connectivity index (χ1v) is 16.0. The van der Waals surface area contributed by atoms with Crippen molar-refractivity contribution in [3.63, 3.8) is 0 Å². The molecule has 9 nitrogen and oxygen atoms in total. The van der Waals surface area contributed by atoms with Gasteiger partial charge in [0.2, 0.25) is 0 Å². The van der Waals surface area contributed by atoms with Gasteiger partial charge in [0, 0.05) is 46.7 Å². The Morgan fingerprint density at radius 2 is 1.86 bits per heavy atom. The predicted octanol–water partition coefficient (Wildman–Crippen LogP) is 6.01. The molecule has 2 aliphatic heterocycles. The summed E-state index contributed by atoms with van der Waals surface area (Å²) in [5, 5.41) is 5.98. The van der Waals surface area contributed by atoms with Crippen molar-refractivity contribution in [2.75, 3.05) is 26.2 Å². The van der Waals surface area contributed by atoms with Crippen molar-refractivity contribution in [3.8, 4) is 0 Å². The lowest BCUT2D eigenvalue weighted by molar-refractivity contribution is -0.205. The second-order valence-electron chi connectivity index (χ2n) is 14.0. The molecular formula is C34H46N4O5. The van der Waals surface area contributed by atoms with E-state index in [9.17, 15) is 14.5 Å². The molecule has 1 spiro atoms. The molecule has 1 aromatic carbocycles. The summed E-state index contributed by atoms with van der Waals surface area (Å²) in [7, 11) is 0. The van der Waals surface area contributed by atoms with E-state index in [-0.39, 0.29) is 16.6 Å². The van der Waals surface area contributed by atoms with E-state index in [2.05, 4.69) is 58.5 Å². The number of carbonyl (C=O) groups excluding carboxylic acids is 2. The number of fused-ring (bicyclic) bond motifs is 9. The maximum Gasteiger partial charge on any atom is 0.378 e. The number of amides is 2. The summed E-state index contributed by atoms with van der Waals surface area (Å²) < 4.78 is 13.0. The number of rotatable bonds is 5. The Balaban J connectivity index is 0.000000236. The van der Waals surface area contributed by atoms with Gasteiger partial charge in [-0.15, -0.1) is 4.91 Å². The lowest BCUT2D eigenvalue weighted by Gasteiger charge is -2.61. The maximum atomic E-state index is 13.0. The molecule has 2 saturated carbocycles. The Hall–Kier alpha value is -2.88. The minimum absolute atomic E-state index is 0.0563. The van der Waals surface area contributed by atoms with Crippen molar-refractivity contribution in [1.29, 1.82) is 0 Å². The highest BCUT2D eigenvalue weighted by atomic mass is 16.8. The normalized spacial score (nSPS) is 34.8. The summed E-state index contributed by atoms with van der Waals surface area (Å²) in [6.07, 6.45) is 6.78. The van der Waals surface area contributed by atoms with Crippen LogP contribution in [0.15, 0.2) is 41.1 Å². The molecular weight excluding hydrogens is 544 g/mol. The van der Waals surface area contributed by atoms with Crippen LogP contribution in [0.4, 0.5) is 4.79 Å². The van der Waals surface area contributed by atoms with Gasteiger partial charge in [-0.2, -0.15) is 0 Å². The topological polar surface area (TPSA) is 113 Å². The second kappa shape index (κ2) is 10.6. The fourth-order valence-corrected chi connectivity index (χ4v) is 9.27. The number of nitroso groups, excluding NO2 is 1. The third-order valence-electron chi connectivity index (χ3n) is 11.8. The van der Waals surface area contributed by atoms with E-state index in [1.54, 1.807) is 0 Å². The van der Waals surface area contributed by atoms with Crippen LogP contribution < -0.4 is 5.32 Å². The second-order valence-corrected chi connectivity index (χ2v) is 14.0. The van der Waals surface area contributed by atoms with Crippen LogP contribution >= 0.6 is 0 Å². The molecule has 6 atom stereocenters. The standard InChI is InChI=1S/C27H31NO3.C7H15N3O2/c1-24(2)23-21(29)14-19-18-10-9-15-13-17-16-7-5-6-8-20(16)28-22(17)26(15,4)25(18,3)11-12-27(19,30-23)31-24;1-3-10(4-2)6-5-8-7(11)9-12/h5-8,14-15,18,23,28H,9-13H2,1-4H3;3-6H2,1-2H3,(H,8,11)/t15?,18?,23?,25?,26-,27?;/m1./s1. The average Bonchev–Trinajstić information content (AvgIpc) is 3.58. The molecule has 5 aliphatic rings. The van der Waals surface area contributed by atoms with Crippen molar-refractivity contribution < 1.29 is 19.1 Å². The van der Waals surface area contributed by atoms with E-state index in [1.807, 2.05) is 33.8 Å². The van der Waals surface area contributed by atoms with Gasteiger partial charge >= 0.3 is 6.03 Å². The molecule has 1 saturated heterocycles. The monoisotopic (exact) mass is 590 g/mol. The van der Waals surface area contributed by atoms with Gasteiger partial charge in [0.1, 0.15) is 5.60 Å². The molecule has 2 amide bonds. The number of H-pyrrole nitrogens is 1. The number of hydrogen-bond acceptors (Lipinski definition) is 6. The molecule has 2 aromatic rings. The largest absolute Gasteiger partial charge is 0.378 e. The highest BCUT2D eigenvalue weighted by Gasteiger charge is 2.69. The quantitative estimate of drug-likeness (QED) is 0.413. The molecule has 3 heterocycles. The number of ether oxygens (including phenoxy) is 2. The zero-order valence-electron chi connectivity index (χ0n) is 26.4. The first-order valence-electron chi connectivity index (χ1n) is 16.0. The minimum atomic E-state index is -0.790. The molecule has 43 heavy (non-hydrogen) atoms. The smallest absolute Gasteiger partial charge is 0.358 e. The summed E-state index contributed by atoms with van der Waals surface area (Å²) in [5.41, 5.74) is 4.89. The van der Waals surface area contributed by atoms with E-state index in [0.29, 0.717) is 18.4 Å². The molecule has 232 valence electrons. The van der Waals surface area contributed by atoms with Gasteiger partial charge in [0.15, 0.2) is 17.7 Å². The number of nitrogens with one attached hydrogen (secondary N) is 2. The zero-order chi connectivity index (χ0) is 30.8. The van der Waals surface area contributed by atoms with Crippen molar-refractivity contribution >= 4 is 22.7 Å². The van der Waals surface area contributed by atoms with Crippen LogP contribution in [-0.2, 0) is 26.1 Å². The first-order chi connectivity index (χ1) is 20.4. The number of aromatic amines is 1. The lowest BCUT2D eigenvalue weighted by atomic mass is 9.44. The van der Waals surface area contributed by atoms with Gasteiger partial charge in [-0.25, -0.2) is 4.79 Å². The number of aromatic nitrogens is 1. The SMILES string of the molecule is CC1(C)OC23CCC4(C)C(CCC5Cc6c([nH]c7ccccc67)[C@@]54C)C2=CC(=O)C1O3.CCN(CC)CCNC(=O)N=O. The van der Waals surface area contributed by atoms with E-state index in [4.69, 9.17) is 9.47 Å². The highest BCUT2D eigenvalue weighted by Crippen LogP contribution is 2.70. The molecule has 2 N–H and O–H groups in total. The van der Waals surface area contributed by atoms with E-state index >= 15 is 0 Å². The maximum absolute atomic E-state index is 13.0. The Morgan fingerprint density at radius 3 is 2.58 bits per heavy atom. The number of nitrogens with zero attached hydrogens (tertiary/aromatic N) is 2. The van der Waals surface area contributed by atoms with Gasteiger partial charge in [0.05, 0.1) is 0 Å². The number of hydrogen-bond donors (Lipinski definition) is 2. The molecule has 3 aliphatic carbocycles. The molecule has 7 rings (SSSR count). The third-order valence-corrected chi connectivity index (χ3v) is 11.8. The van der Waals surface area contributed by atoms with Gasteiger partial charge in [-0.1, -0.05) is 45.9 Å². The van der Waals surface area contributed by atoms with Gasteiger partial charge in [-0.3, -0.25) is 4.79 Å². The van der Waals surface area contributed by atoms with E-state index in [0.717, 1.165) is 50.9 Å². The molecule has 3 fully saturated rings. The van der Waals surface area contributed by atoms with Crippen molar-refractivity contribution in [2.24, 2.45) is 22.4 Å². The van der Waals surface area contributed by atoms with E-state index in [1.165, 1.54) is 28.6 Å². The van der Waals surface area contributed by atoms with Crippen LogP contribution in [0.25, 0.3) is 10.9 Å². The van der Waals surface area contributed by atoms with Crippen LogP contribution in [0.2, 0.25) is 0 Å². The van der Waals surface area contributed by atoms with Crippen molar-refractivity contribution in [3.05, 3.63) is 52.1 Å². The number of carbonyl (C=O) groups is 2.